The van der Waals surface area contributed by atoms with Gasteiger partial charge in [0, 0.05) is 29.1 Å². The molecule has 1 heterocycles. The highest BCUT2D eigenvalue weighted by molar-refractivity contribution is 6.13. The predicted molar refractivity (Wildman–Crippen MR) is 76.9 cm³/mol. The Hall–Kier alpha value is -2.90. The van der Waals surface area contributed by atoms with E-state index in [1.54, 1.807) is 13.8 Å². The summed E-state index contributed by atoms with van der Waals surface area (Å²) in [7, 11) is 0. The minimum atomic E-state index is -0.735. The van der Waals surface area contributed by atoms with Crippen molar-refractivity contribution in [3.63, 3.8) is 0 Å². The van der Waals surface area contributed by atoms with E-state index in [9.17, 15) is 19.7 Å². The van der Waals surface area contributed by atoms with Crippen molar-refractivity contribution in [2.24, 2.45) is 0 Å². The van der Waals surface area contributed by atoms with Crippen LogP contribution in [0.1, 0.15) is 34.7 Å². The number of hydrogen-bond acceptors (Lipinski definition) is 6. The number of H-pyrrole nitrogens is 1. The van der Waals surface area contributed by atoms with Crippen molar-refractivity contribution in [2.75, 3.05) is 13.2 Å². The van der Waals surface area contributed by atoms with E-state index in [1.165, 1.54) is 12.3 Å². The van der Waals surface area contributed by atoms with Crippen molar-refractivity contribution in [3.8, 4) is 0 Å². The summed E-state index contributed by atoms with van der Waals surface area (Å²) in [5.41, 5.74) is -0.241. The van der Waals surface area contributed by atoms with Gasteiger partial charge in [-0.2, -0.15) is 0 Å². The molecule has 0 aliphatic rings. The summed E-state index contributed by atoms with van der Waals surface area (Å²) in [6.45, 7) is 3.55. The molecular formula is C14H14N2O6. The first-order chi connectivity index (χ1) is 10.5. The quantitative estimate of drug-likeness (QED) is 0.516. The Morgan fingerprint density at radius 2 is 1.82 bits per heavy atom. The van der Waals surface area contributed by atoms with Crippen molar-refractivity contribution in [1.29, 1.82) is 0 Å². The van der Waals surface area contributed by atoms with Crippen LogP contribution in [0.3, 0.4) is 0 Å². The molecule has 2 aromatic rings. The first kappa shape index (κ1) is 15.5. The number of nitro benzene ring substituents is 1. The van der Waals surface area contributed by atoms with Gasteiger partial charge in [-0.25, -0.2) is 9.59 Å². The number of aromatic nitrogens is 1. The minimum Gasteiger partial charge on any atom is -0.462 e. The molecule has 0 fully saturated rings. The Kier molecular flexibility index (Phi) is 4.40. The smallest absolute Gasteiger partial charge is 0.355 e. The lowest BCUT2D eigenvalue weighted by molar-refractivity contribution is -0.384. The van der Waals surface area contributed by atoms with E-state index in [0.29, 0.717) is 5.39 Å². The number of nitrogens with zero attached hydrogens (tertiary/aromatic N) is 1. The molecule has 0 atom stereocenters. The monoisotopic (exact) mass is 306 g/mol. The molecule has 116 valence electrons. The Bertz CT molecular complexity index is 749. The third kappa shape index (κ3) is 2.76. The van der Waals surface area contributed by atoms with Gasteiger partial charge in [0.15, 0.2) is 0 Å². The molecule has 0 amide bonds. The summed E-state index contributed by atoms with van der Waals surface area (Å²) >= 11 is 0. The summed E-state index contributed by atoms with van der Waals surface area (Å²) in [5.74, 6) is -1.38. The molecule has 0 saturated carbocycles. The average Bonchev–Trinajstić information content (AvgIpc) is 2.90. The molecule has 0 unspecified atom stereocenters. The van der Waals surface area contributed by atoms with Gasteiger partial charge in [-0.15, -0.1) is 0 Å². The van der Waals surface area contributed by atoms with Gasteiger partial charge in [-0.05, 0) is 13.8 Å². The lowest BCUT2D eigenvalue weighted by Crippen LogP contribution is -2.10. The first-order valence-corrected chi connectivity index (χ1v) is 6.63. The van der Waals surface area contributed by atoms with Crippen LogP contribution in [0.4, 0.5) is 5.69 Å². The fraction of sp³-hybridized carbons (Fsp3) is 0.286. The highest BCUT2D eigenvalue weighted by Crippen LogP contribution is 2.29. The van der Waals surface area contributed by atoms with Crippen molar-refractivity contribution >= 4 is 28.4 Å². The van der Waals surface area contributed by atoms with Gasteiger partial charge in [-0.1, -0.05) is 0 Å². The molecule has 0 aliphatic heterocycles. The second kappa shape index (κ2) is 6.25. The number of aromatic amines is 1. The zero-order valence-corrected chi connectivity index (χ0v) is 12.0. The highest BCUT2D eigenvalue weighted by atomic mass is 16.6. The molecule has 1 N–H and O–H groups in total. The molecule has 0 spiro atoms. The van der Waals surface area contributed by atoms with Crippen LogP contribution >= 0.6 is 0 Å². The maximum Gasteiger partial charge on any atom is 0.355 e. The number of nitro groups is 1. The number of non-ortho nitro benzene ring substituents is 1. The van der Waals surface area contributed by atoms with E-state index >= 15 is 0 Å². The predicted octanol–water partition coefficient (Wildman–Crippen LogP) is 2.43. The van der Waals surface area contributed by atoms with E-state index in [4.69, 9.17) is 9.47 Å². The standard InChI is InChI=1S/C14H14N2O6/c1-3-21-13(17)10-6-9(16(19)20)5-8-7-15-12(11(8)10)14(18)22-4-2/h5-7,15H,3-4H2,1-2H3. The number of nitrogens with one attached hydrogen (secondary N) is 1. The van der Waals surface area contributed by atoms with Crippen LogP contribution in [0, 0.1) is 10.1 Å². The van der Waals surface area contributed by atoms with Gasteiger partial charge >= 0.3 is 11.9 Å². The number of ether oxygens (including phenoxy) is 2. The summed E-state index contributed by atoms with van der Waals surface area (Å²) in [4.78, 5) is 37.0. The largest absolute Gasteiger partial charge is 0.462 e. The molecule has 0 radical (unpaired) electrons. The maximum atomic E-state index is 12.1. The Morgan fingerprint density at radius 3 is 2.41 bits per heavy atom. The van der Waals surface area contributed by atoms with Crippen LogP contribution in [0.15, 0.2) is 18.3 Å². The Balaban J connectivity index is 2.69. The molecule has 1 aromatic heterocycles. The van der Waals surface area contributed by atoms with E-state index in [1.807, 2.05) is 0 Å². The number of rotatable bonds is 5. The number of hydrogen-bond donors (Lipinski definition) is 1. The molecule has 0 bridgehead atoms. The van der Waals surface area contributed by atoms with Crippen LogP contribution in [-0.2, 0) is 9.47 Å². The number of fused-ring (bicyclic) bond motifs is 1. The second-order valence-electron chi connectivity index (χ2n) is 4.32. The van der Waals surface area contributed by atoms with Gasteiger partial charge in [0.25, 0.3) is 5.69 Å². The van der Waals surface area contributed by atoms with Gasteiger partial charge in [0.2, 0.25) is 0 Å². The van der Waals surface area contributed by atoms with Crippen LogP contribution in [-0.4, -0.2) is 35.1 Å². The van der Waals surface area contributed by atoms with E-state index in [0.717, 1.165) is 6.07 Å². The normalized spacial score (nSPS) is 10.5. The zero-order valence-electron chi connectivity index (χ0n) is 12.0. The van der Waals surface area contributed by atoms with E-state index in [-0.39, 0.29) is 35.5 Å². The number of esters is 2. The van der Waals surface area contributed by atoms with Gasteiger partial charge in [0.1, 0.15) is 5.69 Å². The molecule has 0 aliphatic carbocycles. The summed E-state index contributed by atoms with van der Waals surface area (Å²) in [6.07, 6.45) is 1.41. The third-order valence-corrected chi connectivity index (χ3v) is 2.96. The Morgan fingerprint density at radius 1 is 1.18 bits per heavy atom. The van der Waals surface area contributed by atoms with E-state index < -0.39 is 16.9 Å². The lowest BCUT2D eigenvalue weighted by atomic mass is 10.1. The van der Waals surface area contributed by atoms with Crippen LogP contribution in [0.25, 0.3) is 10.8 Å². The molecular weight excluding hydrogens is 292 g/mol. The fourth-order valence-electron chi connectivity index (χ4n) is 2.10. The lowest BCUT2D eigenvalue weighted by Gasteiger charge is -2.06. The van der Waals surface area contributed by atoms with Gasteiger partial charge in [0.05, 0.1) is 23.7 Å². The number of carbonyl (C=O) groups excluding carboxylic acids is 2. The number of benzene rings is 1. The van der Waals surface area contributed by atoms with Crippen molar-refractivity contribution in [1.82, 2.24) is 4.98 Å². The first-order valence-electron chi connectivity index (χ1n) is 6.63. The molecule has 2 rings (SSSR count). The zero-order chi connectivity index (χ0) is 16.3. The van der Waals surface area contributed by atoms with E-state index in [2.05, 4.69) is 4.98 Å². The van der Waals surface area contributed by atoms with Crippen molar-refractivity contribution < 1.29 is 24.0 Å². The molecule has 0 saturated heterocycles. The van der Waals surface area contributed by atoms with Crippen LogP contribution < -0.4 is 0 Å². The topological polar surface area (TPSA) is 112 Å². The summed E-state index contributed by atoms with van der Waals surface area (Å²) < 4.78 is 9.82. The van der Waals surface area contributed by atoms with Crippen molar-refractivity contribution in [2.45, 2.75) is 13.8 Å². The Labute approximate surface area is 125 Å². The number of carbonyl (C=O) groups is 2. The molecule has 8 heteroatoms. The summed E-state index contributed by atoms with van der Waals surface area (Å²) in [5, 5.41) is 11.6. The summed E-state index contributed by atoms with van der Waals surface area (Å²) in [6, 6.07) is 2.37. The van der Waals surface area contributed by atoms with Crippen LogP contribution in [0.5, 0.6) is 0 Å². The highest BCUT2D eigenvalue weighted by Gasteiger charge is 2.24. The van der Waals surface area contributed by atoms with Gasteiger partial charge < -0.3 is 14.5 Å². The molecule has 1 aromatic carbocycles. The van der Waals surface area contributed by atoms with Crippen LogP contribution in [0.2, 0.25) is 0 Å². The van der Waals surface area contributed by atoms with Crippen molar-refractivity contribution in [3.05, 3.63) is 39.7 Å². The van der Waals surface area contributed by atoms with Gasteiger partial charge in [-0.3, -0.25) is 10.1 Å². The average molecular weight is 306 g/mol. The molecule has 22 heavy (non-hydrogen) atoms. The minimum absolute atomic E-state index is 0.0460. The molecule has 8 nitrogen and oxygen atoms in total. The SMILES string of the molecule is CCOC(=O)c1cc([N+](=O)[O-])cc2c[nH]c(C(=O)OCC)c12. The fourth-order valence-corrected chi connectivity index (χ4v) is 2.10. The second-order valence-corrected chi connectivity index (χ2v) is 4.32. The third-order valence-electron chi connectivity index (χ3n) is 2.96. The maximum absolute atomic E-state index is 12.1.